The molecule has 0 radical (unpaired) electrons. The fourth-order valence-electron chi connectivity index (χ4n) is 2.99. The summed E-state index contributed by atoms with van der Waals surface area (Å²) >= 11 is 4.91. The summed E-state index contributed by atoms with van der Waals surface area (Å²) < 4.78 is 0.923. The molecular weight excluding hydrogens is 406 g/mol. The molecule has 1 aromatic carbocycles. The zero-order valence-electron chi connectivity index (χ0n) is 13.3. The molecular formula is C17H14BrN3O3S. The Morgan fingerprint density at radius 2 is 1.96 bits per heavy atom. The minimum Gasteiger partial charge on any atom is -0.504 e. The topological polar surface area (TPSA) is 94.5 Å². The van der Waals surface area contributed by atoms with E-state index in [2.05, 4.69) is 31.5 Å². The number of rotatable bonds is 1. The van der Waals surface area contributed by atoms with Gasteiger partial charge in [-0.2, -0.15) is 0 Å². The number of halogens is 1. The van der Waals surface area contributed by atoms with E-state index in [9.17, 15) is 15.0 Å². The van der Waals surface area contributed by atoms with Crippen LogP contribution in [-0.4, -0.2) is 21.1 Å². The van der Waals surface area contributed by atoms with Crippen molar-refractivity contribution in [3.8, 4) is 11.5 Å². The number of phenols is 2. The summed E-state index contributed by atoms with van der Waals surface area (Å²) in [5.41, 5.74) is 3.29. The first-order valence-corrected chi connectivity index (χ1v) is 9.16. The van der Waals surface area contributed by atoms with Crippen LogP contribution in [0.3, 0.4) is 0 Å². The minimum absolute atomic E-state index is 0.192. The number of hydrogen-bond acceptors (Lipinski definition) is 6. The van der Waals surface area contributed by atoms with Gasteiger partial charge in [0, 0.05) is 9.86 Å². The average molecular weight is 420 g/mol. The van der Waals surface area contributed by atoms with Gasteiger partial charge in [0.2, 0.25) is 0 Å². The number of fused-ring (bicyclic) bond motifs is 3. The Hall–Kier alpha value is -2.32. The number of aromatic hydroxyl groups is 2. The lowest BCUT2D eigenvalue weighted by Crippen LogP contribution is -2.37. The molecule has 8 heteroatoms. The lowest BCUT2D eigenvalue weighted by Gasteiger charge is -2.26. The number of thiophene rings is 1. The standard InChI is InChI=1S/C17H14BrN3O3S/c1-6-11-13-14(25-17(11)19-7(2)12(6)18)16(24)21-15(20-13)8-3-4-9(22)10(23)5-8/h3-5,15,20,22-23H,1-2H3,(H,21,24). The number of aryl methyl sites for hydroxylation is 2. The summed E-state index contributed by atoms with van der Waals surface area (Å²) in [5.74, 6) is -0.625. The molecule has 25 heavy (non-hydrogen) atoms. The van der Waals surface area contributed by atoms with Crippen LogP contribution in [0.2, 0.25) is 0 Å². The van der Waals surface area contributed by atoms with E-state index in [1.165, 1.54) is 23.5 Å². The van der Waals surface area contributed by atoms with Crippen molar-refractivity contribution in [3.63, 3.8) is 0 Å². The van der Waals surface area contributed by atoms with E-state index in [1.54, 1.807) is 6.07 Å². The monoisotopic (exact) mass is 419 g/mol. The number of aromatic nitrogens is 1. The lowest BCUT2D eigenvalue weighted by molar-refractivity contribution is 0.0940. The van der Waals surface area contributed by atoms with Gasteiger partial charge in [-0.05, 0) is 53.0 Å². The molecule has 0 saturated heterocycles. The van der Waals surface area contributed by atoms with Crippen LogP contribution in [0.4, 0.5) is 5.69 Å². The predicted octanol–water partition coefficient (Wildman–Crippen LogP) is 3.94. The van der Waals surface area contributed by atoms with E-state index in [4.69, 9.17) is 0 Å². The Labute approximate surface area is 155 Å². The zero-order chi connectivity index (χ0) is 17.9. The Morgan fingerprint density at radius 1 is 1.20 bits per heavy atom. The molecule has 3 heterocycles. The maximum atomic E-state index is 12.6. The number of benzene rings is 1. The van der Waals surface area contributed by atoms with E-state index < -0.39 is 6.17 Å². The van der Waals surface area contributed by atoms with Gasteiger partial charge in [-0.15, -0.1) is 11.3 Å². The van der Waals surface area contributed by atoms with Gasteiger partial charge < -0.3 is 20.8 Å². The summed E-state index contributed by atoms with van der Waals surface area (Å²) in [6, 6.07) is 4.47. The molecule has 0 aliphatic carbocycles. The van der Waals surface area contributed by atoms with Gasteiger partial charge in [0.1, 0.15) is 15.9 Å². The van der Waals surface area contributed by atoms with Crippen molar-refractivity contribution in [2.75, 3.05) is 5.32 Å². The summed E-state index contributed by atoms with van der Waals surface area (Å²) in [4.78, 5) is 18.5. The zero-order valence-corrected chi connectivity index (χ0v) is 15.7. The number of phenolic OH excluding ortho intramolecular Hbond substituents is 2. The van der Waals surface area contributed by atoms with Gasteiger partial charge in [0.15, 0.2) is 11.5 Å². The molecule has 0 spiro atoms. The van der Waals surface area contributed by atoms with E-state index in [0.717, 1.165) is 31.6 Å². The molecule has 0 bridgehead atoms. The largest absolute Gasteiger partial charge is 0.504 e. The summed E-state index contributed by atoms with van der Waals surface area (Å²) in [5, 5.41) is 26.3. The summed E-state index contributed by atoms with van der Waals surface area (Å²) in [6.45, 7) is 3.91. The van der Waals surface area contributed by atoms with Gasteiger partial charge in [0.05, 0.1) is 11.4 Å². The Bertz CT molecular complexity index is 1050. The maximum absolute atomic E-state index is 12.6. The van der Waals surface area contributed by atoms with Crippen LogP contribution in [0.25, 0.3) is 10.2 Å². The molecule has 1 aliphatic heterocycles. The van der Waals surface area contributed by atoms with Gasteiger partial charge in [0.25, 0.3) is 5.91 Å². The number of hydrogen-bond donors (Lipinski definition) is 4. The van der Waals surface area contributed by atoms with E-state index >= 15 is 0 Å². The molecule has 0 saturated carbocycles. The first kappa shape index (κ1) is 16.2. The van der Waals surface area contributed by atoms with Crippen LogP contribution in [-0.2, 0) is 0 Å². The highest BCUT2D eigenvalue weighted by molar-refractivity contribution is 9.10. The molecule has 1 unspecified atom stereocenters. The Morgan fingerprint density at radius 3 is 2.68 bits per heavy atom. The molecule has 128 valence electrons. The van der Waals surface area contributed by atoms with Crippen molar-refractivity contribution in [1.82, 2.24) is 10.3 Å². The summed E-state index contributed by atoms with van der Waals surface area (Å²) in [7, 11) is 0. The highest BCUT2D eigenvalue weighted by atomic mass is 79.9. The second-order valence-corrected chi connectivity index (χ2v) is 7.71. The third-order valence-electron chi connectivity index (χ3n) is 4.28. The first-order chi connectivity index (χ1) is 11.9. The van der Waals surface area contributed by atoms with E-state index in [1.807, 2.05) is 13.8 Å². The van der Waals surface area contributed by atoms with Crippen LogP contribution in [0.15, 0.2) is 22.7 Å². The van der Waals surface area contributed by atoms with Crippen molar-refractivity contribution in [2.45, 2.75) is 20.0 Å². The minimum atomic E-state index is -0.510. The van der Waals surface area contributed by atoms with E-state index in [-0.39, 0.29) is 17.4 Å². The van der Waals surface area contributed by atoms with Crippen molar-refractivity contribution in [2.24, 2.45) is 0 Å². The molecule has 2 aromatic heterocycles. The van der Waals surface area contributed by atoms with E-state index in [0.29, 0.717) is 10.4 Å². The smallest absolute Gasteiger partial charge is 0.265 e. The predicted molar refractivity (Wildman–Crippen MR) is 100 cm³/mol. The van der Waals surface area contributed by atoms with Crippen LogP contribution in [0.5, 0.6) is 11.5 Å². The second-order valence-electron chi connectivity index (χ2n) is 5.92. The average Bonchev–Trinajstić information content (AvgIpc) is 2.94. The lowest BCUT2D eigenvalue weighted by atomic mass is 10.1. The number of amides is 1. The van der Waals surface area contributed by atoms with Crippen LogP contribution in [0, 0.1) is 13.8 Å². The SMILES string of the molecule is Cc1nc2sc3c(c2c(C)c1Br)NC(c1ccc(O)c(O)c1)NC3=O. The molecule has 4 N–H and O–H groups in total. The van der Waals surface area contributed by atoms with Gasteiger partial charge in [-0.1, -0.05) is 6.07 Å². The molecule has 4 rings (SSSR count). The van der Waals surface area contributed by atoms with Crippen LogP contribution >= 0.6 is 27.3 Å². The van der Waals surface area contributed by atoms with Crippen molar-refractivity contribution >= 4 is 49.1 Å². The fourth-order valence-corrected chi connectivity index (χ4v) is 4.42. The number of pyridine rings is 1. The molecule has 1 aliphatic rings. The highest BCUT2D eigenvalue weighted by Crippen LogP contribution is 2.43. The van der Waals surface area contributed by atoms with Gasteiger partial charge in [-0.3, -0.25) is 4.79 Å². The number of nitrogens with one attached hydrogen (secondary N) is 2. The third-order valence-corrected chi connectivity index (χ3v) is 6.53. The van der Waals surface area contributed by atoms with Gasteiger partial charge >= 0.3 is 0 Å². The van der Waals surface area contributed by atoms with Crippen LogP contribution in [0.1, 0.15) is 32.7 Å². The highest BCUT2D eigenvalue weighted by Gasteiger charge is 2.30. The first-order valence-electron chi connectivity index (χ1n) is 7.55. The fraction of sp³-hybridized carbons (Fsp3) is 0.176. The number of anilines is 1. The quantitative estimate of drug-likeness (QED) is 0.448. The van der Waals surface area contributed by atoms with Crippen molar-refractivity contribution in [3.05, 3.63) is 44.4 Å². The number of carbonyl (C=O) groups is 1. The number of nitrogens with zero attached hydrogens (tertiary/aromatic N) is 1. The van der Waals surface area contributed by atoms with Crippen molar-refractivity contribution < 1.29 is 15.0 Å². The normalized spacial score (nSPS) is 16.4. The second kappa shape index (κ2) is 5.60. The molecule has 1 atom stereocenters. The van der Waals surface area contributed by atoms with Crippen LogP contribution < -0.4 is 10.6 Å². The Kier molecular flexibility index (Phi) is 3.62. The Balaban J connectivity index is 1.87. The summed E-state index contributed by atoms with van der Waals surface area (Å²) in [6.07, 6.45) is -0.510. The van der Waals surface area contributed by atoms with Crippen molar-refractivity contribution in [1.29, 1.82) is 0 Å². The maximum Gasteiger partial charge on any atom is 0.265 e. The molecule has 3 aromatic rings. The third kappa shape index (κ3) is 2.44. The molecule has 1 amide bonds. The number of carbonyl (C=O) groups excluding carboxylic acids is 1. The molecule has 6 nitrogen and oxygen atoms in total. The molecule has 0 fully saturated rings. The van der Waals surface area contributed by atoms with Gasteiger partial charge in [-0.25, -0.2) is 4.98 Å².